The molecule has 0 amide bonds. The van der Waals surface area contributed by atoms with Crippen LogP contribution >= 0.6 is 11.6 Å². The van der Waals surface area contributed by atoms with Crippen molar-refractivity contribution in [3.8, 4) is 0 Å². The molecule has 2 atom stereocenters. The van der Waals surface area contributed by atoms with Crippen LogP contribution in [0.25, 0.3) is 0 Å². The number of aliphatic hydroxyl groups is 1. The Bertz CT molecular complexity index is 341. The minimum Gasteiger partial charge on any atom is -0.394 e. The number of rotatable bonds is 5. The van der Waals surface area contributed by atoms with Gasteiger partial charge in [0.15, 0.2) is 0 Å². The Morgan fingerprint density at radius 1 is 1.44 bits per heavy atom. The van der Waals surface area contributed by atoms with E-state index in [1.807, 2.05) is 25.1 Å². The predicted molar refractivity (Wildman–Crippen MR) is 68.9 cm³/mol. The molecule has 0 aliphatic rings. The fourth-order valence-electron chi connectivity index (χ4n) is 1.54. The van der Waals surface area contributed by atoms with Crippen molar-refractivity contribution >= 4 is 11.6 Å². The van der Waals surface area contributed by atoms with Gasteiger partial charge in [0.05, 0.1) is 12.6 Å². The zero-order chi connectivity index (χ0) is 12.1. The van der Waals surface area contributed by atoms with E-state index in [0.717, 1.165) is 22.6 Å². The van der Waals surface area contributed by atoms with Crippen molar-refractivity contribution in [3.05, 3.63) is 34.3 Å². The number of halogens is 1. The summed E-state index contributed by atoms with van der Waals surface area (Å²) in [6.07, 6.45) is 1.04. The monoisotopic (exact) mass is 241 g/mol. The number of hydrogen-bond donors (Lipinski definition) is 2. The second-order valence-electron chi connectivity index (χ2n) is 4.22. The minimum atomic E-state index is -0.0342. The lowest BCUT2D eigenvalue weighted by Gasteiger charge is -2.21. The number of aryl methyl sites for hydroxylation is 1. The van der Waals surface area contributed by atoms with Crippen LogP contribution in [0.15, 0.2) is 18.2 Å². The Labute approximate surface area is 103 Å². The maximum Gasteiger partial charge on any atom is 0.0626 e. The molecule has 0 aromatic heterocycles. The molecule has 0 spiro atoms. The van der Waals surface area contributed by atoms with Gasteiger partial charge in [0.25, 0.3) is 0 Å². The van der Waals surface area contributed by atoms with Crippen molar-refractivity contribution in [1.29, 1.82) is 0 Å². The molecule has 16 heavy (non-hydrogen) atoms. The van der Waals surface area contributed by atoms with Crippen LogP contribution in [-0.4, -0.2) is 17.8 Å². The van der Waals surface area contributed by atoms with Gasteiger partial charge < -0.3 is 10.4 Å². The first-order chi connectivity index (χ1) is 7.58. The second kappa shape index (κ2) is 6.24. The quantitative estimate of drug-likeness (QED) is 0.831. The topological polar surface area (TPSA) is 32.3 Å². The Hall–Kier alpha value is -0.570. The minimum absolute atomic E-state index is 0.0342. The van der Waals surface area contributed by atoms with Crippen LogP contribution in [0.1, 0.15) is 37.4 Å². The molecule has 0 saturated heterocycles. The molecule has 0 radical (unpaired) electrons. The van der Waals surface area contributed by atoms with Gasteiger partial charge in [0.1, 0.15) is 0 Å². The molecule has 1 aromatic rings. The number of aliphatic hydroxyl groups excluding tert-OH is 1. The zero-order valence-electron chi connectivity index (χ0n) is 10.1. The zero-order valence-corrected chi connectivity index (χ0v) is 10.9. The molecule has 0 aliphatic carbocycles. The van der Waals surface area contributed by atoms with Gasteiger partial charge in [-0.15, -0.1) is 0 Å². The van der Waals surface area contributed by atoms with E-state index in [2.05, 4.69) is 19.2 Å². The summed E-state index contributed by atoms with van der Waals surface area (Å²) in [4.78, 5) is 0. The van der Waals surface area contributed by atoms with Gasteiger partial charge >= 0.3 is 0 Å². The average molecular weight is 242 g/mol. The molecule has 0 aliphatic heterocycles. The highest BCUT2D eigenvalue weighted by molar-refractivity contribution is 6.31. The maximum atomic E-state index is 9.38. The van der Waals surface area contributed by atoms with Gasteiger partial charge in [-0.3, -0.25) is 0 Å². The normalized spacial score (nSPS) is 14.8. The van der Waals surface area contributed by atoms with Crippen molar-refractivity contribution < 1.29 is 5.11 Å². The summed E-state index contributed by atoms with van der Waals surface area (Å²) in [5, 5.41) is 13.5. The van der Waals surface area contributed by atoms with E-state index in [1.165, 1.54) is 0 Å². The summed E-state index contributed by atoms with van der Waals surface area (Å²) in [5.41, 5.74) is 2.10. The van der Waals surface area contributed by atoms with Crippen LogP contribution in [0.5, 0.6) is 0 Å². The fourth-order valence-corrected chi connectivity index (χ4v) is 1.73. The molecule has 0 heterocycles. The Morgan fingerprint density at radius 3 is 2.62 bits per heavy atom. The third kappa shape index (κ3) is 3.48. The van der Waals surface area contributed by atoms with Crippen LogP contribution in [0.4, 0.5) is 0 Å². The first-order valence-corrected chi connectivity index (χ1v) is 6.09. The summed E-state index contributed by atoms with van der Waals surface area (Å²) < 4.78 is 0. The van der Waals surface area contributed by atoms with E-state index < -0.39 is 0 Å². The summed E-state index contributed by atoms with van der Waals surface area (Å²) in [6.45, 7) is 6.29. The number of nitrogens with one attached hydrogen (secondary N) is 1. The van der Waals surface area contributed by atoms with Crippen LogP contribution in [0.2, 0.25) is 5.02 Å². The number of benzene rings is 1. The van der Waals surface area contributed by atoms with E-state index in [-0.39, 0.29) is 12.6 Å². The van der Waals surface area contributed by atoms with E-state index in [9.17, 15) is 5.11 Å². The van der Waals surface area contributed by atoms with Gasteiger partial charge in [-0.1, -0.05) is 30.7 Å². The van der Waals surface area contributed by atoms with E-state index in [4.69, 9.17) is 11.6 Å². The molecule has 2 unspecified atom stereocenters. The third-order valence-electron chi connectivity index (χ3n) is 2.88. The van der Waals surface area contributed by atoms with Crippen LogP contribution < -0.4 is 5.32 Å². The molecule has 90 valence electrons. The van der Waals surface area contributed by atoms with Gasteiger partial charge in [0, 0.05) is 11.1 Å². The molecule has 0 bridgehead atoms. The smallest absolute Gasteiger partial charge is 0.0626 e. The molecule has 3 heteroatoms. The molecule has 0 fully saturated rings. The standard InChI is InChI=1S/C13H20ClNO/c1-4-10(3)15-13(8-16)11-6-5-9(2)12(14)7-11/h5-7,10,13,15-16H,4,8H2,1-3H3. The third-order valence-corrected chi connectivity index (χ3v) is 3.29. The molecule has 2 N–H and O–H groups in total. The lowest BCUT2D eigenvalue weighted by Crippen LogP contribution is -2.32. The predicted octanol–water partition coefficient (Wildman–Crippen LogP) is 3.07. The first kappa shape index (κ1) is 13.5. The maximum absolute atomic E-state index is 9.38. The van der Waals surface area contributed by atoms with Gasteiger partial charge in [-0.05, 0) is 37.5 Å². The SMILES string of the molecule is CCC(C)NC(CO)c1ccc(C)c(Cl)c1. The van der Waals surface area contributed by atoms with Gasteiger partial charge in [-0.2, -0.15) is 0 Å². The lowest BCUT2D eigenvalue weighted by atomic mass is 10.0. The van der Waals surface area contributed by atoms with E-state index in [1.54, 1.807) is 0 Å². The van der Waals surface area contributed by atoms with Gasteiger partial charge in [0.2, 0.25) is 0 Å². The van der Waals surface area contributed by atoms with Gasteiger partial charge in [-0.25, -0.2) is 0 Å². The highest BCUT2D eigenvalue weighted by Crippen LogP contribution is 2.21. The molecular formula is C13H20ClNO. The molecule has 1 rings (SSSR count). The second-order valence-corrected chi connectivity index (χ2v) is 4.63. The van der Waals surface area contributed by atoms with E-state index >= 15 is 0 Å². The summed E-state index contributed by atoms with van der Waals surface area (Å²) in [7, 11) is 0. The van der Waals surface area contributed by atoms with Crippen molar-refractivity contribution in [1.82, 2.24) is 5.32 Å². The van der Waals surface area contributed by atoms with Crippen molar-refractivity contribution in [3.63, 3.8) is 0 Å². The average Bonchev–Trinajstić information content (AvgIpc) is 2.29. The highest BCUT2D eigenvalue weighted by atomic mass is 35.5. The van der Waals surface area contributed by atoms with Crippen molar-refractivity contribution in [2.24, 2.45) is 0 Å². The Morgan fingerprint density at radius 2 is 2.12 bits per heavy atom. The molecular weight excluding hydrogens is 222 g/mol. The van der Waals surface area contributed by atoms with Crippen molar-refractivity contribution in [2.45, 2.75) is 39.3 Å². The van der Waals surface area contributed by atoms with E-state index in [0.29, 0.717) is 6.04 Å². The van der Waals surface area contributed by atoms with Crippen molar-refractivity contribution in [2.75, 3.05) is 6.61 Å². The highest BCUT2D eigenvalue weighted by Gasteiger charge is 2.13. The fraction of sp³-hybridized carbons (Fsp3) is 0.538. The first-order valence-electron chi connectivity index (χ1n) is 5.71. The van der Waals surface area contributed by atoms with Crippen LogP contribution in [0, 0.1) is 6.92 Å². The Kier molecular flexibility index (Phi) is 5.26. The summed E-state index contributed by atoms with van der Waals surface area (Å²) in [6, 6.07) is 6.27. The molecule has 1 aromatic carbocycles. The lowest BCUT2D eigenvalue weighted by molar-refractivity contribution is 0.234. The summed E-state index contributed by atoms with van der Waals surface area (Å²) in [5.74, 6) is 0. The Balaban J connectivity index is 2.82. The number of hydrogen-bond acceptors (Lipinski definition) is 2. The van der Waals surface area contributed by atoms with Crippen LogP contribution in [-0.2, 0) is 0 Å². The molecule has 2 nitrogen and oxygen atoms in total. The molecule has 0 saturated carbocycles. The summed E-state index contributed by atoms with van der Waals surface area (Å²) >= 11 is 6.08. The largest absolute Gasteiger partial charge is 0.394 e. The van der Waals surface area contributed by atoms with Crippen LogP contribution in [0.3, 0.4) is 0 Å².